The van der Waals surface area contributed by atoms with Crippen LogP contribution >= 0.6 is 0 Å². The molecule has 0 unspecified atom stereocenters. The van der Waals surface area contributed by atoms with Crippen LogP contribution in [0.4, 0.5) is 17.1 Å². The van der Waals surface area contributed by atoms with Gasteiger partial charge in [0, 0.05) is 17.1 Å². The van der Waals surface area contributed by atoms with E-state index in [1.807, 2.05) is 127 Å². The second kappa shape index (κ2) is 15.6. The molecule has 0 heterocycles. The molecule has 1 heteroatoms. The summed E-state index contributed by atoms with van der Waals surface area (Å²) in [4.78, 5) is 1.37. The first-order chi connectivity index (χ1) is 33.6. The highest BCUT2D eigenvalue weighted by molar-refractivity contribution is 6.04. The molecule has 0 aliphatic carbocycles. The Labute approximate surface area is 368 Å². The van der Waals surface area contributed by atoms with Crippen molar-refractivity contribution in [1.82, 2.24) is 0 Å². The molecule has 0 saturated carbocycles. The maximum absolute atomic E-state index is 9.66. The van der Waals surface area contributed by atoms with E-state index in [0.29, 0.717) is 16.8 Å². The van der Waals surface area contributed by atoms with Crippen LogP contribution in [-0.2, 0) is 0 Å². The van der Waals surface area contributed by atoms with Crippen LogP contribution in [0.15, 0.2) is 249 Å². The number of benzene rings is 11. The summed E-state index contributed by atoms with van der Waals surface area (Å²) in [6, 6.07) is 62.0. The van der Waals surface area contributed by atoms with Gasteiger partial charge in [0.2, 0.25) is 0 Å². The molecule has 0 N–H and O–H groups in total. The van der Waals surface area contributed by atoms with E-state index < -0.39 is 24.2 Å². The van der Waals surface area contributed by atoms with E-state index >= 15 is 0 Å². The fourth-order valence-electron chi connectivity index (χ4n) is 8.35. The molecule has 1 nitrogen and oxygen atoms in total. The van der Waals surface area contributed by atoms with Gasteiger partial charge in [0.05, 0.1) is 11.0 Å². The van der Waals surface area contributed by atoms with Gasteiger partial charge in [0.25, 0.3) is 0 Å². The van der Waals surface area contributed by atoms with Crippen LogP contribution in [0, 0.1) is 0 Å². The fraction of sp³-hybridized carbons (Fsp3) is 0. The van der Waals surface area contributed by atoms with E-state index in [9.17, 15) is 11.0 Å². The lowest BCUT2D eigenvalue weighted by atomic mass is 9.89. The third-order valence-electron chi connectivity index (χ3n) is 11.4. The predicted molar refractivity (Wildman–Crippen MR) is 261 cm³/mol. The lowest BCUT2D eigenvalue weighted by Crippen LogP contribution is -2.09. The molecule has 11 aromatic rings. The van der Waals surface area contributed by atoms with Crippen LogP contribution in [0.3, 0.4) is 0 Å². The number of hydrogen-bond acceptors (Lipinski definition) is 1. The third kappa shape index (κ3) is 6.93. The van der Waals surface area contributed by atoms with Crippen molar-refractivity contribution in [1.29, 1.82) is 0 Å². The van der Waals surface area contributed by atoms with Gasteiger partial charge in [0.1, 0.15) is 0 Å². The summed E-state index contributed by atoms with van der Waals surface area (Å²) in [6.45, 7) is 0. The Kier molecular flexibility index (Phi) is 7.29. The van der Waals surface area contributed by atoms with Crippen molar-refractivity contribution in [3.8, 4) is 55.6 Å². The van der Waals surface area contributed by atoms with Crippen LogP contribution in [0.2, 0.25) is 0 Å². The molecule has 0 amide bonds. The van der Waals surface area contributed by atoms with Gasteiger partial charge >= 0.3 is 0 Å². The van der Waals surface area contributed by atoms with Gasteiger partial charge in [-0.2, -0.15) is 0 Å². The Morgan fingerprint density at radius 1 is 0.262 bits per heavy atom. The SMILES string of the molecule is [2H]c1c([2H])c(N(c2ccc(-c3c(-c4ccccc4)ccc4ccccc34)cc2)c2c([2H])c([2H])c(-c3ccc4ccccc4c3)c([2H])c2[2H])c([2H])c([2H])c1-c1ccc(-c2cccc3ccccc23)cc1. The van der Waals surface area contributed by atoms with E-state index in [0.717, 1.165) is 65.7 Å². The van der Waals surface area contributed by atoms with Gasteiger partial charge < -0.3 is 4.90 Å². The smallest absolute Gasteiger partial charge is 0.0645 e. The summed E-state index contributed by atoms with van der Waals surface area (Å²) in [5, 5.41) is 6.13. The monoisotopic (exact) mass is 783 g/mol. The molecule has 0 saturated heterocycles. The minimum Gasteiger partial charge on any atom is -0.311 e. The summed E-state index contributed by atoms with van der Waals surface area (Å²) in [5.74, 6) is 0. The number of rotatable bonds is 8. The maximum Gasteiger partial charge on any atom is 0.0645 e. The summed E-state index contributed by atoms with van der Waals surface area (Å²) < 4.78 is 76.5. The highest BCUT2D eigenvalue weighted by Crippen LogP contribution is 2.42. The van der Waals surface area contributed by atoms with Crippen molar-refractivity contribution in [2.24, 2.45) is 0 Å². The Morgan fingerprint density at radius 3 is 1.46 bits per heavy atom. The highest BCUT2D eigenvalue weighted by atomic mass is 15.1. The zero-order valence-corrected chi connectivity index (χ0v) is 33.0. The normalized spacial score (nSPS) is 13.1. The zero-order chi connectivity index (χ0) is 47.5. The first-order valence-electron chi connectivity index (χ1n) is 24.3. The van der Waals surface area contributed by atoms with Crippen molar-refractivity contribution < 1.29 is 11.0 Å². The molecular weight excluding hydrogens is 735 g/mol. The maximum atomic E-state index is 9.66. The van der Waals surface area contributed by atoms with E-state index in [1.54, 1.807) is 18.2 Å². The predicted octanol–water partition coefficient (Wildman–Crippen LogP) is 17.0. The first-order valence-corrected chi connectivity index (χ1v) is 20.3. The average molecular weight is 784 g/mol. The van der Waals surface area contributed by atoms with Crippen LogP contribution in [0.1, 0.15) is 11.0 Å². The number of hydrogen-bond donors (Lipinski definition) is 0. The third-order valence-corrected chi connectivity index (χ3v) is 11.4. The lowest BCUT2D eigenvalue weighted by Gasteiger charge is -2.26. The van der Waals surface area contributed by atoms with Crippen molar-refractivity contribution in [3.63, 3.8) is 0 Å². The standard InChI is InChI=1S/C60H41N/c1-2-12-47(13-3-1)59-40-33-48-15-7-9-19-58(48)60(59)50-31-38-55(39-32-50)61(54-36-29-45(30-37-54)52-26-23-42-11-4-5-16-51(42)41-52)53-34-27-44(28-35-53)43-21-24-49(25-22-43)57-20-10-17-46-14-6-8-18-56(46)57/h1-41H/i27D,28D,29D,30D,34D,35D,36D,37D. The van der Waals surface area contributed by atoms with Gasteiger partial charge in [-0.25, -0.2) is 0 Å². The molecule has 0 aliphatic rings. The van der Waals surface area contributed by atoms with Crippen molar-refractivity contribution in [2.45, 2.75) is 0 Å². The fourth-order valence-corrected chi connectivity index (χ4v) is 8.35. The lowest BCUT2D eigenvalue weighted by molar-refractivity contribution is 1.28. The highest BCUT2D eigenvalue weighted by Gasteiger charge is 2.17. The van der Waals surface area contributed by atoms with E-state index in [-0.39, 0.29) is 46.7 Å². The van der Waals surface area contributed by atoms with Crippen LogP contribution in [-0.4, -0.2) is 0 Å². The summed E-state index contributed by atoms with van der Waals surface area (Å²) >= 11 is 0. The molecule has 11 rings (SSSR count). The van der Waals surface area contributed by atoms with Gasteiger partial charge in [-0.05, 0) is 130 Å². The molecule has 0 aromatic heterocycles. The second-order valence-electron chi connectivity index (χ2n) is 15.1. The van der Waals surface area contributed by atoms with Crippen LogP contribution in [0.5, 0.6) is 0 Å². The molecule has 0 bridgehead atoms. The first kappa shape index (κ1) is 28.4. The molecule has 61 heavy (non-hydrogen) atoms. The molecular formula is C60H41N. The van der Waals surface area contributed by atoms with Crippen molar-refractivity contribution in [2.75, 3.05) is 4.90 Å². The minimum atomic E-state index is -0.399. The summed E-state index contributed by atoms with van der Waals surface area (Å²) in [6.07, 6.45) is 0. The molecule has 11 aromatic carbocycles. The topological polar surface area (TPSA) is 3.24 Å². The van der Waals surface area contributed by atoms with Crippen LogP contribution < -0.4 is 4.90 Å². The minimum absolute atomic E-state index is 0.101. The Hall–Kier alpha value is -8.00. The molecule has 0 fully saturated rings. The number of anilines is 3. The van der Waals surface area contributed by atoms with Crippen molar-refractivity contribution >= 4 is 49.4 Å². The quantitative estimate of drug-likeness (QED) is 0.148. The van der Waals surface area contributed by atoms with Gasteiger partial charge in [-0.1, -0.05) is 206 Å². The molecule has 0 aliphatic heterocycles. The molecule has 0 radical (unpaired) electrons. The Morgan fingerprint density at radius 2 is 0.754 bits per heavy atom. The average Bonchev–Trinajstić information content (AvgIpc) is 3.39. The Bertz CT molecular complexity index is 3750. The largest absolute Gasteiger partial charge is 0.311 e. The Balaban J connectivity index is 1.10. The number of nitrogens with zero attached hydrogens (tertiary/aromatic N) is 1. The number of fused-ring (bicyclic) bond motifs is 3. The van der Waals surface area contributed by atoms with E-state index in [4.69, 9.17) is 0 Å². The zero-order valence-electron chi connectivity index (χ0n) is 41.0. The summed E-state index contributed by atoms with van der Waals surface area (Å²) in [5.41, 5.74) is 7.00. The van der Waals surface area contributed by atoms with Gasteiger partial charge in [-0.15, -0.1) is 0 Å². The second-order valence-corrected chi connectivity index (χ2v) is 15.1. The van der Waals surface area contributed by atoms with Crippen LogP contribution in [0.25, 0.3) is 88.0 Å². The molecule has 0 spiro atoms. The van der Waals surface area contributed by atoms with E-state index in [1.165, 1.54) is 4.90 Å². The van der Waals surface area contributed by atoms with Gasteiger partial charge in [-0.3, -0.25) is 0 Å². The summed E-state index contributed by atoms with van der Waals surface area (Å²) in [7, 11) is 0. The van der Waals surface area contributed by atoms with E-state index in [2.05, 4.69) is 54.6 Å². The van der Waals surface area contributed by atoms with Crippen molar-refractivity contribution in [3.05, 3.63) is 249 Å². The molecule has 286 valence electrons. The van der Waals surface area contributed by atoms with Gasteiger partial charge in [0.15, 0.2) is 0 Å². The molecule has 0 atom stereocenters.